The van der Waals surface area contributed by atoms with E-state index >= 15 is 0 Å². The standard InChI is InChI=1S/C48H35N/c1-48(2)44-29-39(26-27-42(44)43-28-25-36-13-9-10-16-41(36)47(43)48)34-17-19-35(20-18-34)40-30-45(37-14-7-4-8-15-37)49-46(31-40)38-23-21-33(22-24-38)32-11-5-3-6-12-32/h3-31H,1-2H3. The van der Waals surface area contributed by atoms with Crippen molar-refractivity contribution in [3.05, 3.63) is 187 Å². The van der Waals surface area contributed by atoms with Crippen molar-refractivity contribution in [2.45, 2.75) is 19.3 Å². The molecule has 1 nitrogen and oxygen atoms in total. The van der Waals surface area contributed by atoms with Crippen LogP contribution in [0.15, 0.2) is 176 Å². The van der Waals surface area contributed by atoms with Crippen molar-refractivity contribution in [2.24, 2.45) is 0 Å². The summed E-state index contributed by atoms with van der Waals surface area (Å²) in [5.41, 5.74) is 16.8. The van der Waals surface area contributed by atoms with Crippen molar-refractivity contribution in [3.8, 4) is 67.0 Å². The fourth-order valence-electron chi connectivity index (χ4n) is 7.70. The summed E-state index contributed by atoms with van der Waals surface area (Å²) in [5.74, 6) is 0. The smallest absolute Gasteiger partial charge is 0.0715 e. The molecule has 1 heteroatoms. The minimum absolute atomic E-state index is 0.0813. The predicted octanol–water partition coefficient (Wildman–Crippen LogP) is 12.9. The highest BCUT2D eigenvalue weighted by Gasteiger charge is 2.37. The minimum Gasteiger partial charge on any atom is -0.248 e. The lowest BCUT2D eigenvalue weighted by molar-refractivity contribution is 0.666. The van der Waals surface area contributed by atoms with Crippen LogP contribution in [-0.2, 0) is 5.41 Å². The van der Waals surface area contributed by atoms with Gasteiger partial charge in [-0.15, -0.1) is 0 Å². The fourth-order valence-corrected chi connectivity index (χ4v) is 7.70. The van der Waals surface area contributed by atoms with E-state index in [0.29, 0.717) is 0 Å². The third-order valence-electron chi connectivity index (χ3n) is 10.3. The summed E-state index contributed by atoms with van der Waals surface area (Å²) in [6.45, 7) is 4.75. The lowest BCUT2D eigenvalue weighted by Gasteiger charge is -2.23. The minimum atomic E-state index is -0.0813. The number of hydrogen-bond donors (Lipinski definition) is 0. The zero-order valence-corrected chi connectivity index (χ0v) is 27.7. The summed E-state index contributed by atoms with van der Waals surface area (Å²) in [6, 6.07) is 63.6. The molecule has 7 aromatic carbocycles. The molecule has 0 aliphatic heterocycles. The second-order valence-electron chi connectivity index (χ2n) is 13.6. The van der Waals surface area contributed by atoms with E-state index in [1.54, 1.807) is 0 Å². The average Bonchev–Trinajstić information content (AvgIpc) is 3.41. The second-order valence-corrected chi connectivity index (χ2v) is 13.6. The van der Waals surface area contributed by atoms with Gasteiger partial charge >= 0.3 is 0 Å². The largest absolute Gasteiger partial charge is 0.248 e. The van der Waals surface area contributed by atoms with E-state index in [-0.39, 0.29) is 5.41 Å². The van der Waals surface area contributed by atoms with Crippen LogP contribution >= 0.6 is 0 Å². The third kappa shape index (κ3) is 5.07. The summed E-state index contributed by atoms with van der Waals surface area (Å²) in [4.78, 5) is 5.15. The lowest BCUT2D eigenvalue weighted by Crippen LogP contribution is -2.15. The molecular weight excluding hydrogens is 591 g/mol. The van der Waals surface area contributed by atoms with E-state index in [0.717, 1.165) is 28.1 Å². The Labute approximate surface area is 288 Å². The number of hydrogen-bond acceptors (Lipinski definition) is 1. The molecular formula is C48H35N. The highest BCUT2D eigenvalue weighted by Crippen LogP contribution is 2.52. The van der Waals surface area contributed by atoms with Gasteiger partial charge in [-0.3, -0.25) is 0 Å². The summed E-state index contributed by atoms with van der Waals surface area (Å²) in [7, 11) is 0. The summed E-state index contributed by atoms with van der Waals surface area (Å²) in [5, 5.41) is 2.66. The van der Waals surface area contributed by atoms with Crippen molar-refractivity contribution in [1.29, 1.82) is 0 Å². The number of rotatable bonds is 5. The molecule has 0 bridgehead atoms. The van der Waals surface area contributed by atoms with Crippen LogP contribution in [0.25, 0.3) is 77.8 Å². The van der Waals surface area contributed by atoms with E-state index in [1.165, 1.54) is 60.8 Å². The maximum absolute atomic E-state index is 5.15. The van der Waals surface area contributed by atoms with Gasteiger partial charge in [-0.25, -0.2) is 4.98 Å². The topological polar surface area (TPSA) is 12.9 Å². The van der Waals surface area contributed by atoms with E-state index in [1.807, 2.05) is 0 Å². The molecule has 0 saturated heterocycles. The lowest BCUT2D eigenvalue weighted by atomic mass is 9.79. The first-order chi connectivity index (χ1) is 24.0. The van der Waals surface area contributed by atoms with E-state index in [4.69, 9.17) is 4.98 Å². The van der Waals surface area contributed by atoms with Crippen LogP contribution in [0.1, 0.15) is 25.0 Å². The number of aromatic nitrogens is 1. The second kappa shape index (κ2) is 11.6. The summed E-state index contributed by atoms with van der Waals surface area (Å²) >= 11 is 0. The van der Waals surface area contributed by atoms with Gasteiger partial charge in [-0.2, -0.15) is 0 Å². The average molecular weight is 626 g/mol. The first-order valence-electron chi connectivity index (χ1n) is 17.0. The maximum Gasteiger partial charge on any atom is 0.0715 e. The van der Waals surface area contributed by atoms with Gasteiger partial charge in [0, 0.05) is 16.5 Å². The first kappa shape index (κ1) is 29.1. The van der Waals surface area contributed by atoms with Crippen LogP contribution in [-0.4, -0.2) is 4.98 Å². The molecule has 0 amide bonds. The van der Waals surface area contributed by atoms with Crippen molar-refractivity contribution < 1.29 is 0 Å². The molecule has 232 valence electrons. The van der Waals surface area contributed by atoms with Gasteiger partial charge < -0.3 is 0 Å². The Balaban J connectivity index is 1.08. The molecule has 1 aromatic heterocycles. The van der Waals surface area contributed by atoms with Crippen LogP contribution in [0.5, 0.6) is 0 Å². The molecule has 1 aliphatic carbocycles. The van der Waals surface area contributed by atoms with Gasteiger partial charge in [-0.05, 0) is 84.6 Å². The Morgan fingerprint density at radius 2 is 0.837 bits per heavy atom. The third-order valence-corrected chi connectivity index (χ3v) is 10.3. The molecule has 0 N–H and O–H groups in total. The highest BCUT2D eigenvalue weighted by molar-refractivity contribution is 5.98. The first-order valence-corrected chi connectivity index (χ1v) is 17.0. The van der Waals surface area contributed by atoms with Gasteiger partial charge in [0.05, 0.1) is 11.4 Å². The van der Waals surface area contributed by atoms with Gasteiger partial charge in [0.1, 0.15) is 0 Å². The fraction of sp³-hybridized carbons (Fsp3) is 0.0625. The molecule has 0 atom stereocenters. The Kier molecular flexibility index (Phi) is 6.88. The van der Waals surface area contributed by atoms with E-state index < -0.39 is 0 Å². The van der Waals surface area contributed by atoms with Crippen molar-refractivity contribution in [3.63, 3.8) is 0 Å². The molecule has 1 aliphatic rings. The molecule has 1 heterocycles. The molecule has 8 aromatic rings. The quantitative estimate of drug-likeness (QED) is 0.185. The summed E-state index contributed by atoms with van der Waals surface area (Å²) in [6.07, 6.45) is 0. The molecule has 9 rings (SSSR count). The molecule has 0 spiro atoms. The van der Waals surface area contributed by atoms with Crippen LogP contribution in [0.3, 0.4) is 0 Å². The van der Waals surface area contributed by atoms with Gasteiger partial charge in [0.15, 0.2) is 0 Å². The molecule has 0 saturated carbocycles. The Morgan fingerprint density at radius 1 is 0.367 bits per heavy atom. The van der Waals surface area contributed by atoms with Crippen LogP contribution in [0.2, 0.25) is 0 Å². The van der Waals surface area contributed by atoms with Crippen molar-refractivity contribution >= 4 is 10.8 Å². The van der Waals surface area contributed by atoms with Gasteiger partial charge in [0.25, 0.3) is 0 Å². The zero-order valence-electron chi connectivity index (χ0n) is 27.7. The SMILES string of the molecule is CC1(C)c2cc(-c3ccc(-c4cc(-c5ccccc5)nc(-c5ccc(-c6ccccc6)cc5)c4)cc3)ccc2-c2ccc3ccccc3c21. The van der Waals surface area contributed by atoms with Gasteiger partial charge in [-0.1, -0.05) is 172 Å². The van der Waals surface area contributed by atoms with E-state index in [9.17, 15) is 0 Å². The molecule has 49 heavy (non-hydrogen) atoms. The van der Waals surface area contributed by atoms with Crippen molar-refractivity contribution in [1.82, 2.24) is 4.98 Å². The van der Waals surface area contributed by atoms with Crippen LogP contribution in [0, 0.1) is 0 Å². The molecule has 0 radical (unpaired) electrons. The highest BCUT2D eigenvalue weighted by atomic mass is 14.7. The summed E-state index contributed by atoms with van der Waals surface area (Å²) < 4.78 is 0. The van der Waals surface area contributed by atoms with Crippen LogP contribution in [0.4, 0.5) is 0 Å². The number of fused-ring (bicyclic) bond motifs is 5. The Hall–Kier alpha value is -6.05. The van der Waals surface area contributed by atoms with Crippen molar-refractivity contribution in [2.75, 3.05) is 0 Å². The molecule has 0 unspecified atom stereocenters. The Morgan fingerprint density at radius 3 is 1.51 bits per heavy atom. The monoisotopic (exact) mass is 625 g/mol. The number of nitrogens with zero attached hydrogens (tertiary/aromatic N) is 1. The number of pyridine rings is 1. The van der Waals surface area contributed by atoms with E-state index in [2.05, 4.69) is 190 Å². The maximum atomic E-state index is 5.15. The number of benzene rings is 7. The van der Waals surface area contributed by atoms with Gasteiger partial charge in [0.2, 0.25) is 0 Å². The zero-order chi connectivity index (χ0) is 33.0. The van der Waals surface area contributed by atoms with Crippen LogP contribution < -0.4 is 0 Å². The Bertz CT molecular complexity index is 2470. The molecule has 0 fully saturated rings. The predicted molar refractivity (Wildman–Crippen MR) is 206 cm³/mol. The normalized spacial score (nSPS) is 12.9.